The number of esters is 1. The zero-order valence-corrected chi connectivity index (χ0v) is 29.9. The number of carboxylic acid groups (broad SMARTS) is 1. The number of likely N-dealkylation sites (tertiary alicyclic amines) is 1. The summed E-state index contributed by atoms with van der Waals surface area (Å²) in [4.78, 5) is 82.2. The Balaban J connectivity index is 1.15. The van der Waals surface area contributed by atoms with Gasteiger partial charge in [-0.25, -0.2) is 9.48 Å². The van der Waals surface area contributed by atoms with Gasteiger partial charge in [-0.1, -0.05) is 48.5 Å². The van der Waals surface area contributed by atoms with E-state index in [1.54, 1.807) is 24.3 Å². The van der Waals surface area contributed by atoms with Gasteiger partial charge in [0.1, 0.15) is 18.7 Å². The zero-order chi connectivity index (χ0) is 38.0. The molecule has 54 heavy (non-hydrogen) atoms. The molecule has 1 saturated carbocycles. The summed E-state index contributed by atoms with van der Waals surface area (Å²) in [6, 6.07) is 17.8. The third-order valence-electron chi connectivity index (χ3n) is 9.93. The lowest BCUT2D eigenvalue weighted by Gasteiger charge is -2.35. The van der Waals surface area contributed by atoms with Crippen molar-refractivity contribution in [2.45, 2.75) is 69.7 Å². The molecule has 3 N–H and O–H groups in total. The summed E-state index contributed by atoms with van der Waals surface area (Å²) in [5.41, 5.74) is 1.23. The van der Waals surface area contributed by atoms with Crippen LogP contribution in [-0.4, -0.2) is 123 Å². The van der Waals surface area contributed by atoms with Crippen LogP contribution in [0.4, 0.5) is 4.79 Å². The Kier molecular flexibility index (Phi) is 12.4. The van der Waals surface area contributed by atoms with Crippen LogP contribution in [0.15, 0.2) is 66.7 Å². The number of carbonyl (C=O) groups excluding carboxylic acids is 5. The lowest BCUT2D eigenvalue weighted by molar-refractivity contribution is -0.145. The Morgan fingerprint density at radius 3 is 2.20 bits per heavy atom. The van der Waals surface area contributed by atoms with Gasteiger partial charge in [0.15, 0.2) is 12.3 Å². The van der Waals surface area contributed by atoms with Gasteiger partial charge in [0, 0.05) is 51.3 Å². The first-order valence-electron chi connectivity index (χ1n) is 18.3. The molecule has 3 aliphatic rings. The van der Waals surface area contributed by atoms with Crippen LogP contribution in [-0.2, 0) is 30.5 Å². The Bertz CT molecular complexity index is 1810. The van der Waals surface area contributed by atoms with Gasteiger partial charge in [0.25, 0.3) is 11.8 Å². The molecule has 0 bridgehead atoms. The molecule has 0 spiro atoms. The minimum absolute atomic E-state index is 0.0517. The summed E-state index contributed by atoms with van der Waals surface area (Å²) < 4.78 is 12.7. The van der Waals surface area contributed by atoms with Gasteiger partial charge in [0.2, 0.25) is 17.7 Å². The maximum atomic E-state index is 13.8. The summed E-state index contributed by atoms with van der Waals surface area (Å²) in [5.74, 6) is -2.21. The fraction of sp³-hybridized carbons (Fsp3) is 0.447. The summed E-state index contributed by atoms with van der Waals surface area (Å²) in [6.07, 6.45) is 2.87. The average Bonchev–Trinajstić information content (AvgIpc) is 3.85. The van der Waals surface area contributed by atoms with E-state index in [9.17, 15) is 33.9 Å². The van der Waals surface area contributed by atoms with E-state index in [1.807, 2.05) is 36.4 Å². The number of benzene rings is 2. The van der Waals surface area contributed by atoms with Crippen molar-refractivity contribution in [3.05, 3.63) is 78.0 Å². The molecule has 2 aromatic carbocycles. The highest BCUT2D eigenvalue weighted by Crippen LogP contribution is 2.24. The maximum absolute atomic E-state index is 13.8. The third kappa shape index (κ3) is 9.53. The molecule has 0 radical (unpaired) electrons. The van der Waals surface area contributed by atoms with Crippen LogP contribution in [0.2, 0.25) is 0 Å². The molecule has 3 heterocycles. The van der Waals surface area contributed by atoms with Crippen LogP contribution in [0.3, 0.4) is 0 Å². The topological polar surface area (TPSA) is 193 Å². The molecule has 2 saturated heterocycles. The lowest BCUT2D eigenvalue weighted by Crippen LogP contribution is -2.55. The van der Waals surface area contributed by atoms with Gasteiger partial charge >= 0.3 is 12.1 Å². The van der Waals surface area contributed by atoms with Crippen molar-refractivity contribution in [3.8, 4) is 11.6 Å². The molecule has 1 aromatic heterocycles. The van der Waals surface area contributed by atoms with Crippen molar-refractivity contribution in [2.24, 2.45) is 0 Å². The largest absolute Gasteiger partial charge is 0.467 e. The van der Waals surface area contributed by atoms with E-state index in [1.165, 1.54) is 25.4 Å². The lowest BCUT2D eigenvalue weighted by atomic mass is 9.93. The molecule has 1 aliphatic carbocycles. The molecular weight excluding hydrogens is 698 g/mol. The van der Waals surface area contributed by atoms with Crippen LogP contribution in [0, 0.1) is 0 Å². The maximum Gasteiger partial charge on any atom is 0.407 e. The fourth-order valence-corrected chi connectivity index (χ4v) is 6.64. The number of nitrogens with one attached hydrogen (secondary N) is 2. The van der Waals surface area contributed by atoms with E-state index in [0.717, 1.165) is 24.8 Å². The monoisotopic (exact) mass is 743 g/mol. The molecule has 16 heteroatoms. The van der Waals surface area contributed by atoms with Gasteiger partial charge < -0.3 is 39.9 Å². The second-order valence-electron chi connectivity index (χ2n) is 13.6. The van der Waals surface area contributed by atoms with Crippen LogP contribution in [0.25, 0.3) is 5.69 Å². The van der Waals surface area contributed by atoms with E-state index >= 15 is 0 Å². The van der Waals surface area contributed by atoms with E-state index in [-0.39, 0.29) is 75.1 Å². The van der Waals surface area contributed by atoms with E-state index in [0.29, 0.717) is 25.1 Å². The van der Waals surface area contributed by atoms with Crippen molar-refractivity contribution in [2.75, 3.05) is 39.3 Å². The molecule has 6 rings (SSSR count). The first-order valence-corrected chi connectivity index (χ1v) is 18.3. The molecule has 0 unspecified atom stereocenters. The SMILES string of the molecule is O=C(CC[C@H](NC(=O)c1cc(OCC(=O)N2CCC[C@H]2C(=O)NC2CCC2)n(-c2ccccc2)n1)C(=O)N1CCN(C(=O)O)CC1)OCc1ccccc1. The highest BCUT2D eigenvalue weighted by Gasteiger charge is 2.36. The van der Waals surface area contributed by atoms with Crippen molar-refractivity contribution in [1.82, 2.24) is 35.1 Å². The highest BCUT2D eigenvalue weighted by molar-refractivity contribution is 5.96. The van der Waals surface area contributed by atoms with E-state index in [2.05, 4.69) is 15.7 Å². The second-order valence-corrected chi connectivity index (χ2v) is 13.6. The number of ether oxygens (including phenoxy) is 2. The van der Waals surface area contributed by atoms with Crippen LogP contribution >= 0.6 is 0 Å². The van der Waals surface area contributed by atoms with Crippen molar-refractivity contribution >= 4 is 35.7 Å². The number of nitrogens with zero attached hydrogens (tertiary/aromatic N) is 5. The van der Waals surface area contributed by atoms with Crippen molar-refractivity contribution in [3.63, 3.8) is 0 Å². The highest BCUT2D eigenvalue weighted by atomic mass is 16.5. The van der Waals surface area contributed by atoms with Gasteiger partial charge in [-0.15, -0.1) is 0 Å². The number of hydrogen-bond donors (Lipinski definition) is 3. The molecule has 16 nitrogen and oxygen atoms in total. The summed E-state index contributed by atoms with van der Waals surface area (Å²) >= 11 is 0. The molecular formula is C38H45N7O9. The number of aromatic nitrogens is 2. The number of rotatable bonds is 14. The molecule has 3 fully saturated rings. The summed E-state index contributed by atoms with van der Waals surface area (Å²) in [6.45, 7) is 0.514. The smallest absolute Gasteiger partial charge is 0.407 e. The van der Waals surface area contributed by atoms with Crippen LogP contribution in [0.5, 0.6) is 5.88 Å². The van der Waals surface area contributed by atoms with Gasteiger partial charge in [-0.2, -0.15) is 5.10 Å². The normalized spacial score (nSPS) is 17.6. The fourth-order valence-electron chi connectivity index (χ4n) is 6.64. The van der Waals surface area contributed by atoms with E-state index < -0.39 is 42.6 Å². The van der Waals surface area contributed by atoms with Gasteiger partial charge in [-0.05, 0) is 56.2 Å². The number of piperazine rings is 1. The Hall–Kier alpha value is -5.93. The Labute approximate surface area is 312 Å². The average molecular weight is 744 g/mol. The Morgan fingerprint density at radius 1 is 0.852 bits per heavy atom. The molecule has 3 aromatic rings. The number of para-hydroxylation sites is 1. The minimum Gasteiger partial charge on any atom is -0.467 e. The number of carbonyl (C=O) groups is 6. The van der Waals surface area contributed by atoms with Crippen LogP contribution < -0.4 is 15.4 Å². The quantitative estimate of drug-likeness (QED) is 0.207. The predicted molar refractivity (Wildman–Crippen MR) is 192 cm³/mol. The standard InChI is InChI=1S/C38H45N7O9/c46-32(44-18-8-15-31(44)36(49)39-27-11-7-12-27)25-53-33-23-30(41-45(33)28-13-5-2-6-14-28)35(48)40-29(37(50)42-19-21-43(22-20-42)38(51)52)16-17-34(47)54-24-26-9-3-1-4-10-26/h1-6,9-10,13-14,23,27,29,31H,7-8,11-12,15-22,24-25H2,(H,39,49)(H,40,48)(H,51,52)/t29-,31-/m0/s1. The zero-order valence-electron chi connectivity index (χ0n) is 29.9. The summed E-state index contributed by atoms with van der Waals surface area (Å²) in [5, 5.41) is 19.6. The molecule has 2 atom stereocenters. The first kappa shape index (κ1) is 37.8. The Morgan fingerprint density at radius 2 is 1.54 bits per heavy atom. The molecule has 2 aliphatic heterocycles. The molecule has 5 amide bonds. The minimum atomic E-state index is -1.16. The number of hydrogen-bond acceptors (Lipinski definition) is 9. The third-order valence-corrected chi connectivity index (χ3v) is 9.93. The van der Waals surface area contributed by atoms with Crippen molar-refractivity contribution in [1.29, 1.82) is 0 Å². The van der Waals surface area contributed by atoms with Gasteiger partial charge in [-0.3, -0.25) is 24.0 Å². The first-order chi connectivity index (χ1) is 26.2. The number of amides is 5. The van der Waals surface area contributed by atoms with E-state index in [4.69, 9.17) is 9.47 Å². The summed E-state index contributed by atoms with van der Waals surface area (Å²) in [7, 11) is 0. The predicted octanol–water partition coefficient (Wildman–Crippen LogP) is 2.36. The van der Waals surface area contributed by atoms with Crippen LogP contribution in [0.1, 0.15) is 61.0 Å². The molecule has 286 valence electrons. The van der Waals surface area contributed by atoms with Crippen molar-refractivity contribution < 1.29 is 43.3 Å². The second kappa shape index (κ2) is 17.7. The van der Waals surface area contributed by atoms with Gasteiger partial charge in [0.05, 0.1) is 5.69 Å².